The molecule has 1 aliphatic carbocycles. The summed E-state index contributed by atoms with van der Waals surface area (Å²) in [6, 6.07) is 3.09. The number of pyridine rings is 1. The number of carboxylic acid groups (broad SMARTS) is 1. The van der Waals surface area contributed by atoms with Gasteiger partial charge in [0.15, 0.2) is 0 Å². The molecule has 0 spiro atoms. The summed E-state index contributed by atoms with van der Waals surface area (Å²) in [5, 5.41) is 9.42. The van der Waals surface area contributed by atoms with E-state index >= 15 is 0 Å². The molecule has 0 aromatic carbocycles. The molecule has 0 atom stereocenters. The SMILES string of the molecule is NC1CCC(C(=O)O)(c2cccnc2F)CC1. The zero-order valence-electron chi connectivity index (χ0n) is 9.40. The average Bonchev–Trinajstić information content (AvgIpc) is 2.31. The Kier molecular flexibility index (Phi) is 3.11. The molecule has 1 aliphatic rings. The van der Waals surface area contributed by atoms with Gasteiger partial charge in [-0.3, -0.25) is 4.79 Å². The number of hydrogen-bond acceptors (Lipinski definition) is 3. The first-order chi connectivity index (χ1) is 8.06. The molecule has 1 heterocycles. The molecule has 3 N–H and O–H groups in total. The van der Waals surface area contributed by atoms with Gasteiger partial charge in [0, 0.05) is 17.8 Å². The number of hydrogen-bond donors (Lipinski definition) is 2. The van der Waals surface area contributed by atoms with Gasteiger partial charge in [-0.1, -0.05) is 6.07 Å². The molecule has 0 amide bonds. The van der Waals surface area contributed by atoms with Crippen LogP contribution in [0, 0.1) is 5.95 Å². The van der Waals surface area contributed by atoms with Gasteiger partial charge < -0.3 is 10.8 Å². The lowest BCUT2D eigenvalue weighted by Gasteiger charge is -2.35. The van der Waals surface area contributed by atoms with Crippen LogP contribution in [-0.2, 0) is 10.2 Å². The maximum Gasteiger partial charge on any atom is 0.314 e. The Morgan fingerprint density at radius 2 is 2.18 bits per heavy atom. The molecule has 0 bridgehead atoms. The third-order valence-electron chi connectivity index (χ3n) is 3.57. The van der Waals surface area contributed by atoms with Gasteiger partial charge in [0.1, 0.15) is 0 Å². The molecular formula is C12H15FN2O2. The maximum absolute atomic E-state index is 13.7. The number of nitrogens with two attached hydrogens (primary N) is 1. The van der Waals surface area contributed by atoms with Crippen LogP contribution in [-0.4, -0.2) is 22.1 Å². The van der Waals surface area contributed by atoms with Crippen LogP contribution in [0.3, 0.4) is 0 Å². The highest BCUT2D eigenvalue weighted by Crippen LogP contribution is 2.40. The zero-order valence-corrected chi connectivity index (χ0v) is 9.40. The molecule has 1 aromatic rings. The molecular weight excluding hydrogens is 223 g/mol. The van der Waals surface area contributed by atoms with Crippen molar-refractivity contribution in [3.05, 3.63) is 29.8 Å². The maximum atomic E-state index is 13.7. The summed E-state index contributed by atoms with van der Waals surface area (Å²) in [7, 11) is 0. The van der Waals surface area contributed by atoms with Gasteiger partial charge in [-0.25, -0.2) is 4.98 Å². The normalized spacial score (nSPS) is 28.9. The Bertz CT molecular complexity index is 428. The molecule has 1 fully saturated rings. The first-order valence-electron chi connectivity index (χ1n) is 5.66. The van der Waals surface area contributed by atoms with Crippen molar-refractivity contribution in [1.82, 2.24) is 4.98 Å². The van der Waals surface area contributed by atoms with Crippen LogP contribution in [0.15, 0.2) is 18.3 Å². The second kappa shape index (κ2) is 4.41. The van der Waals surface area contributed by atoms with E-state index in [4.69, 9.17) is 5.73 Å². The second-order valence-electron chi connectivity index (χ2n) is 4.57. The highest BCUT2D eigenvalue weighted by Gasteiger charge is 2.44. The largest absolute Gasteiger partial charge is 0.481 e. The van der Waals surface area contributed by atoms with Gasteiger partial charge in [-0.2, -0.15) is 4.39 Å². The van der Waals surface area contributed by atoms with Crippen molar-refractivity contribution in [3.63, 3.8) is 0 Å². The number of carboxylic acids is 1. The predicted octanol–water partition coefficient (Wildman–Crippen LogP) is 1.44. The number of halogens is 1. The van der Waals surface area contributed by atoms with Gasteiger partial charge in [-0.05, 0) is 31.7 Å². The third-order valence-corrected chi connectivity index (χ3v) is 3.57. The summed E-state index contributed by atoms with van der Waals surface area (Å²) in [6.45, 7) is 0. The van der Waals surface area contributed by atoms with Gasteiger partial charge in [0.25, 0.3) is 0 Å². The topological polar surface area (TPSA) is 76.2 Å². The first-order valence-corrected chi connectivity index (χ1v) is 5.66. The minimum absolute atomic E-state index is 0.0159. The van der Waals surface area contributed by atoms with Crippen molar-refractivity contribution in [2.24, 2.45) is 5.73 Å². The van der Waals surface area contributed by atoms with Crippen LogP contribution < -0.4 is 5.73 Å². The summed E-state index contributed by atoms with van der Waals surface area (Å²) in [5.74, 6) is -1.68. The monoisotopic (exact) mass is 238 g/mol. The highest BCUT2D eigenvalue weighted by molar-refractivity contribution is 5.81. The third kappa shape index (κ3) is 2.02. The van der Waals surface area contributed by atoms with Gasteiger partial charge >= 0.3 is 5.97 Å². The summed E-state index contributed by atoms with van der Waals surface area (Å²) >= 11 is 0. The van der Waals surface area contributed by atoms with E-state index in [1.165, 1.54) is 12.3 Å². The standard InChI is InChI=1S/C12H15FN2O2/c13-10-9(2-1-7-15-10)12(11(16)17)5-3-8(14)4-6-12/h1-2,7-8H,3-6,14H2,(H,16,17). The fourth-order valence-corrected chi connectivity index (χ4v) is 2.47. The molecule has 0 saturated heterocycles. The number of aliphatic carboxylic acids is 1. The predicted molar refractivity (Wildman–Crippen MR) is 60.0 cm³/mol. The lowest BCUT2D eigenvalue weighted by molar-refractivity contribution is -0.145. The van der Waals surface area contributed by atoms with Crippen molar-refractivity contribution >= 4 is 5.97 Å². The quantitative estimate of drug-likeness (QED) is 0.764. The van der Waals surface area contributed by atoms with Crippen LogP contribution in [0.1, 0.15) is 31.2 Å². The van der Waals surface area contributed by atoms with E-state index in [9.17, 15) is 14.3 Å². The molecule has 1 saturated carbocycles. The average molecular weight is 238 g/mol. The van der Waals surface area contributed by atoms with E-state index in [0.29, 0.717) is 25.7 Å². The molecule has 0 radical (unpaired) electrons. The first kappa shape index (κ1) is 12.0. The van der Waals surface area contributed by atoms with Gasteiger partial charge in [0.2, 0.25) is 5.95 Å². The Morgan fingerprint density at radius 3 is 2.71 bits per heavy atom. The Balaban J connectivity index is 2.42. The smallest absolute Gasteiger partial charge is 0.314 e. The van der Waals surface area contributed by atoms with Crippen LogP contribution in [0.25, 0.3) is 0 Å². The molecule has 4 nitrogen and oxygen atoms in total. The van der Waals surface area contributed by atoms with Crippen LogP contribution in [0.4, 0.5) is 4.39 Å². The fourth-order valence-electron chi connectivity index (χ4n) is 2.47. The van der Waals surface area contributed by atoms with Crippen molar-refractivity contribution < 1.29 is 14.3 Å². The van der Waals surface area contributed by atoms with E-state index in [1.807, 2.05) is 0 Å². The van der Waals surface area contributed by atoms with E-state index < -0.39 is 17.3 Å². The number of carbonyl (C=O) groups is 1. The van der Waals surface area contributed by atoms with E-state index in [0.717, 1.165) is 0 Å². The highest BCUT2D eigenvalue weighted by atomic mass is 19.1. The van der Waals surface area contributed by atoms with Crippen molar-refractivity contribution in [3.8, 4) is 0 Å². The number of aromatic nitrogens is 1. The Morgan fingerprint density at radius 1 is 1.53 bits per heavy atom. The molecule has 17 heavy (non-hydrogen) atoms. The molecule has 5 heteroatoms. The number of rotatable bonds is 2. The fraction of sp³-hybridized carbons (Fsp3) is 0.500. The molecule has 1 aromatic heterocycles. The van der Waals surface area contributed by atoms with Crippen LogP contribution in [0.2, 0.25) is 0 Å². The second-order valence-corrected chi connectivity index (χ2v) is 4.57. The summed E-state index contributed by atoms with van der Waals surface area (Å²) in [5.41, 5.74) is 4.79. The molecule has 92 valence electrons. The summed E-state index contributed by atoms with van der Waals surface area (Å²) in [6.07, 6.45) is 3.25. The van der Waals surface area contributed by atoms with E-state index in [-0.39, 0.29) is 11.6 Å². The molecule has 2 rings (SSSR count). The van der Waals surface area contributed by atoms with Gasteiger partial charge in [-0.15, -0.1) is 0 Å². The Hall–Kier alpha value is -1.49. The van der Waals surface area contributed by atoms with Crippen molar-refractivity contribution in [2.75, 3.05) is 0 Å². The zero-order chi connectivity index (χ0) is 12.5. The summed E-state index contributed by atoms with van der Waals surface area (Å²) in [4.78, 5) is 15.0. The van der Waals surface area contributed by atoms with Crippen molar-refractivity contribution in [2.45, 2.75) is 37.1 Å². The van der Waals surface area contributed by atoms with Crippen LogP contribution >= 0.6 is 0 Å². The van der Waals surface area contributed by atoms with Crippen LogP contribution in [0.5, 0.6) is 0 Å². The Labute approximate surface area is 98.7 Å². The van der Waals surface area contributed by atoms with Gasteiger partial charge in [0.05, 0.1) is 5.41 Å². The summed E-state index contributed by atoms with van der Waals surface area (Å²) < 4.78 is 13.7. The lowest BCUT2D eigenvalue weighted by Crippen LogP contribution is -2.43. The minimum Gasteiger partial charge on any atom is -0.481 e. The van der Waals surface area contributed by atoms with E-state index in [1.54, 1.807) is 6.07 Å². The molecule has 0 aliphatic heterocycles. The van der Waals surface area contributed by atoms with E-state index in [2.05, 4.69) is 4.98 Å². The lowest BCUT2D eigenvalue weighted by atomic mass is 9.68. The van der Waals surface area contributed by atoms with Crippen molar-refractivity contribution in [1.29, 1.82) is 0 Å². The minimum atomic E-state index is -1.16. The number of nitrogens with zero attached hydrogens (tertiary/aromatic N) is 1. The molecule has 0 unspecified atom stereocenters.